The van der Waals surface area contributed by atoms with Crippen molar-refractivity contribution in [2.45, 2.75) is 32.8 Å². The van der Waals surface area contributed by atoms with Crippen molar-refractivity contribution in [1.82, 2.24) is 24.8 Å². The van der Waals surface area contributed by atoms with Gasteiger partial charge in [-0.15, -0.1) is 0 Å². The van der Waals surface area contributed by atoms with Crippen LogP contribution in [-0.4, -0.2) is 78.1 Å². The van der Waals surface area contributed by atoms with Crippen LogP contribution in [0.3, 0.4) is 0 Å². The Kier molecular flexibility index (Phi) is 8.66. The molecule has 3 aromatic rings. The van der Waals surface area contributed by atoms with Gasteiger partial charge in [-0.2, -0.15) is 13.8 Å². The minimum Gasteiger partial charge on any atom is -0.433 e. The second-order valence-electron chi connectivity index (χ2n) is 10.7. The summed E-state index contributed by atoms with van der Waals surface area (Å²) in [4.78, 5) is 35.9. The summed E-state index contributed by atoms with van der Waals surface area (Å²) in [5.41, 5.74) is 3.48. The Labute approximate surface area is 238 Å². The summed E-state index contributed by atoms with van der Waals surface area (Å²) in [5, 5.41) is 5.73. The van der Waals surface area contributed by atoms with Gasteiger partial charge in [-0.3, -0.25) is 9.78 Å². The van der Waals surface area contributed by atoms with Crippen molar-refractivity contribution in [3.8, 4) is 5.75 Å². The molecule has 0 saturated carbocycles. The number of nitrogens with zero attached hydrogens (tertiary/aromatic N) is 7. The molecule has 0 bridgehead atoms. The quantitative estimate of drug-likeness (QED) is 0.322. The number of fused-ring (bicyclic) bond motifs is 1. The molecule has 1 aliphatic heterocycles. The summed E-state index contributed by atoms with van der Waals surface area (Å²) in [6.07, 6.45) is 2.47. The second-order valence-corrected chi connectivity index (χ2v) is 10.7. The number of carbonyl (C=O) groups is 1. The third kappa shape index (κ3) is 6.85. The molecule has 2 N–H and O–H groups in total. The molecule has 0 spiro atoms. The number of alkyl halides is 2. The average molecular weight is 568 g/mol. The van der Waals surface area contributed by atoms with E-state index in [2.05, 4.69) is 46.0 Å². The van der Waals surface area contributed by atoms with Crippen molar-refractivity contribution in [3.63, 3.8) is 0 Å². The van der Waals surface area contributed by atoms with E-state index in [1.807, 2.05) is 47.9 Å². The second kappa shape index (κ2) is 12.0. The fourth-order valence-corrected chi connectivity index (χ4v) is 4.53. The lowest BCUT2D eigenvalue weighted by Crippen LogP contribution is -2.29. The van der Waals surface area contributed by atoms with E-state index >= 15 is 0 Å². The van der Waals surface area contributed by atoms with Crippen molar-refractivity contribution in [2.24, 2.45) is 0 Å². The maximum atomic E-state index is 13.5. The Bertz CT molecular complexity index is 1430. The number of amides is 1. The first-order valence-corrected chi connectivity index (χ1v) is 13.0. The topological polar surface area (TPSA) is 112 Å². The highest BCUT2D eigenvalue weighted by Gasteiger charge is 2.38. The lowest BCUT2D eigenvalue weighted by atomic mass is 9.91. The Morgan fingerprint density at radius 3 is 2.61 bits per heavy atom. The largest absolute Gasteiger partial charge is 0.433 e. The zero-order chi connectivity index (χ0) is 29.9. The van der Waals surface area contributed by atoms with E-state index in [-0.39, 0.29) is 22.8 Å². The number of hydrogen-bond acceptors (Lipinski definition) is 10. The molecular formula is C28H35F2N9O2. The smallest absolute Gasteiger partial charge is 0.387 e. The summed E-state index contributed by atoms with van der Waals surface area (Å²) in [7, 11) is 5.65. The average Bonchev–Trinajstić information content (AvgIpc) is 3.18. The van der Waals surface area contributed by atoms with Gasteiger partial charge in [0, 0.05) is 43.9 Å². The lowest BCUT2D eigenvalue weighted by molar-refractivity contribution is -0.111. The molecule has 0 atom stereocenters. The van der Waals surface area contributed by atoms with Crippen LogP contribution >= 0.6 is 0 Å². The van der Waals surface area contributed by atoms with E-state index in [9.17, 15) is 13.6 Å². The number of aryl methyl sites for hydroxylation is 1. The fourth-order valence-electron chi connectivity index (χ4n) is 4.53. The number of hydrogen-bond donors (Lipinski definition) is 2. The Hall–Kier alpha value is -4.39. The van der Waals surface area contributed by atoms with E-state index in [0.717, 1.165) is 23.2 Å². The number of pyridine rings is 1. The molecule has 13 heteroatoms. The normalized spacial score (nSPS) is 13.8. The van der Waals surface area contributed by atoms with E-state index in [4.69, 9.17) is 9.72 Å². The van der Waals surface area contributed by atoms with Gasteiger partial charge in [-0.1, -0.05) is 20.4 Å². The Balaban J connectivity index is 1.72. The van der Waals surface area contributed by atoms with Crippen LogP contribution in [0.4, 0.5) is 43.4 Å². The standard InChI is InChI=1S/C28H35F2N9O2/c1-8-23(40)34-18-13-19(22(41-25(29)30)14-21(18)38(7)12-11-37(5)6)35-26-31-16-32-27(36-26)39-15-28(3,4)24-20(39)10-9-17(2)33-24/h8-10,13-14,16,25H,1,11-12,15H2,2-7H3,(H,34,40)(H,31,32,35,36). The van der Waals surface area contributed by atoms with Crippen molar-refractivity contribution < 1.29 is 18.3 Å². The van der Waals surface area contributed by atoms with Crippen LogP contribution in [-0.2, 0) is 10.2 Å². The lowest BCUT2D eigenvalue weighted by Gasteiger charge is -2.26. The molecular weight excluding hydrogens is 532 g/mol. The molecule has 2 aromatic heterocycles. The van der Waals surface area contributed by atoms with Gasteiger partial charge in [0.2, 0.25) is 17.8 Å². The molecule has 0 unspecified atom stereocenters. The van der Waals surface area contributed by atoms with E-state index in [1.54, 1.807) is 7.05 Å². The summed E-state index contributed by atoms with van der Waals surface area (Å²) >= 11 is 0. The van der Waals surface area contributed by atoms with Crippen LogP contribution < -0.4 is 25.2 Å². The molecule has 1 amide bonds. The van der Waals surface area contributed by atoms with E-state index in [1.165, 1.54) is 18.5 Å². The number of benzene rings is 1. The van der Waals surface area contributed by atoms with E-state index in [0.29, 0.717) is 37.0 Å². The van der Waals surface area contributed by atoms with Gasteiger partial charge in [0.05, 0.1) is 28.4 Å². The van der Waals surface area contributed by atoms with Crippen molar-refractivity contribution in [2.75, 3.05) is 61.2 Å². The minimum atomic E-state index is -3.09. The fraction of sp³-hybridized carbons (Fsp3) is 0.393. The van der Waals surface area contributed by atoms with Gasteiger partial charge in [-0.25, -0.2) is 9.97 Å². The molecule has 4 rings (SSSR count). The first-order chi connectivity index (χ1) is 19.4. The summed E-state index contributed by atoms with van der Waals surface area (Å²) in [5.74, 6) is -0.119. The molecule has 1 aromatic carbocycles. The SMILES string of the molecule is C=CC(=O)Nc1cc(Nc2ncnc(N3CC(C)(C)c4nc(C)ccc43)n2)c(OC(F)F)cc1N(C)CCN(C)C. The van der Waals surface area contributed by atoms with Crippen molar-refractivity contribution >= 4 is 40.6 Å². The predicted molar refractivity (Wildman–Crippen MR) is 156 cm³/mol. The Morgan fingerprint density at radius 2 is 1.93 bits per heavy atom. The van der Waals surface area contributed by atoms with Crippen LogP contribution in [0.25, 0.3) is 0 Å². The highest BCUT2D eigenvalue weighted by atomic mass is 19.3. The van der Waals surface area contributed by atoms with Crippen LogP contribution in [0.15, 0.2) is 43.2 Å². The minimum absolute atomic E-state index is 0.107. The molecule has 0 radical (unpaired) electrons. The van der Waals surface area contributed by atoms with Gasteiger partial charge in [0.15, 0.2) is 5.75 Å². The van der Waals surface area contributed by atoms with Crippen LogP contribution in [0, 0.1) is 6.92 Å². The maximum Gasteiger partial charge on any atom is 0.387 e. The zero-order valence-electron chi connectivity index (χ0n) is 24.1. The first kappa shape index (κ1) is 29.6. The first-order valence-electron chi connectivity index (χ1n) is 13.0. The molecule has 0 saturated heterocycles. The molecule has 41 heavy (non-hydrogen) atoms. The van der Waals surface area contributed by atoms with Crippen LogP contribution in [0.2, 0.25) is 0 Å². The monoisotopic (exact) mass is 567 g/mol. The summed E-state index contributed by atoms with van der Waals surface area (Å²) in [6, 6.07) is 6.86. The number of anilines is 6. The molecule has 218 valence electrons. The van der Waals surface area contributed by atoms with Crippen molar-refractivity contribution in [3.05, 3.63) is 54.6 Å². The highest BCUT2D eigenvalue weighted by molar-refractivity contribution is 6.02. The summed E-state index contributed by atoms with van der Waals surface area (Å²) in [6.45, 7) is 8.41. The Morgan fingerprint density at radius 1 is 1.17 bits per heavy atom. The number of halogens is 2. The van der Waals surface area contributed by atoms with Gasteiger partial charge in [0.25, 0.3) is 0 Å². The number of aromatic nitrogens is 4. The predicted octanol–water partition coefficient (Wildman–Crippen LogP) is 4.47. The van der Waals surface area contributed by atoms with E-state index < -0.39 is 12.5 Å². The highest BCUT2D eigenvalue weighted by Crippen LogP contribution is 2.43. The number of likely N-dealkylation sites (N-methyl/N-ethyl adjacent to an activating group) is 2. The zero-order valence-corrected chi connectivity index (χ0v) is 24.1. The molecule has 0 aliphatic carbocycles. The number of rotatable bonds is 11. The third-order valence-electron chi connectivity index (χ3n) is 6.60. The molecule has 11 nitrogen and oxygen atoms in total. The number of ether oxygens (including phenoxy) is 1. The van der Waals surface area contributed by atoms with Crippen LogP contribution in [0.1, 0.15) is 25.2 Å². The number of nitrogens with one attached hydrogen (secondary N) is 2. The molecule has 0 fully saturated rings. The van der Waals surface area contributed by atoms with Gasteiger partial charge in [0.1, 0.15) is 6.33 Å². The van der Waals surface area contributed by atoms with Gasteiger partial charge >= 0.3 is 6.61 Å². The third-order valence-corrected chi connectivity index (χ3v) is 6.60. The van der Waals surface area contributed by atoms with Gasteiger partial charge in [-0.05, 0) is 45.3 Å². The molecule has 1 aliphatic rings. The van der Waals surface area contributed by atoms with Crippen molar-refractivity contribution in [1.29, 1.82) is 0 Å². The van der Waals surface area contributed by atoms with Crippen LogP contribution in [0.5, 0.6) is 5.75 Å². The molecule has 3 heterocycles. The number of carbonyl (C=O) groups excluding carboxylic acids is 1. The van der Waals surface area contributed by atoms with Gasteiger partial charge < -0.3 is 30.1 Å². The summed E-state index contributed by atoms with van der Waals surface area (Å²) < 4.78 is 31.9. The maximum absolute atomic E-state index is 13.5.